The molecule has 0 aromatic heterocycles. The van der Waals surface area contributed by atoms with Crippen LogP contribution < -0.4 is 0 Å². The topological polar surface area (TPSA) is 0 Å². The van der Waals surface area contributed by atoms with Crippen LogP contribution in [0.2, 0.25) is 0 Å². The van der Waals surface area contributed by atoms with Gasteiger partial charge in [-0.25, -0.2) is 4.39 Å². The summed E-state index contributed by atoms with van der Waals surface area (Å²) in [5, 5.41) is 3.26. The van der Waals surface area contributed by atoms with Gasteiger partial charge in [-0.1, -0.05) is 108 Å². The number of benzene rings is 4. The third kappa shape index (κ3) is 4.13. The van der Waals surface area contributed by atoms with Crippen LogP contribution in [-0.2, 0) is 5.33 Å². The molecule has 2 heteroatoms. The van der Waals surface area contributed by atoms with Crippen LogP contribution in [0.25, 0.3) is 33.0 Å². The van der Waals surface area contributed by atoms with Crippen LogP contribution in [0.15, 0.2) is 84.9 Å². The molecule has 4 aromatic rings. The van der Waals surface area contributed by atoms with Crippen molar-refractivity contribution in [2.75, 3.05) is 0 Å². The quantitative estimate of drug-likeness (QED) is 0.259. The van der Waals surface area contributed by atoms with Gasteiger partial charge in [0.15, 0.2) is 0 Å². The van der Waals surface area contributed by atoms with Gasteiger partial charge in [0.25, 0.3) is 0 Å². The molecule has 4 aromatic carbocycles. The zero-order valence-corrected chi connectivity index (χ0v) is 18.1. The van der Waals surface area contributed by atoms with E-state index in [1.54, 1.807) is 0 Å². The molecule has 0 fully saturated rings. The number of hydrogen-bond acceptors (Lipinski definition) is 0. The molecule has 0 radical (unpaired) electrons. The molecule has 146 valence electrons. The molecule has 0 spiro atoms. The number of hydrogen-bond donors (Lipinski definition) is 0. The molecule has 0 saturated carbocycles. The maximum Gasteiger partial charge on any atom is 0.125 e. The first-order valence-corrected chi connectivity index (χ1v) is 11.2. The minimum atomic E-state index is -0.876. The minimum absolute atomic E-state index is 0.576. The van der Waals surface area contributed by atoms with Gasteiger partial charge in [-0.3, -0.25) is 0 Å². The summed E-state index contributed by atoms with van der Waals surface area (Å²) < 4.78 is 14.2. The Balaban J connectivity index is 1.74. The second kappa shape index (κ2) is 8.92. The summed E-state index contributed by atoms with van der Waals surface area (Å²) in [4.78, 5) is 0. The Labute approximate surface area is 180 Å². The SMILES string of the molecule is CCCC(F)c1ccc(-c2cccc3cc(-c4ccccc4CBr)ccc23)cc1. The summed E-state index contributed by atoms with van der Waals surface area (Å²) in [7, 11) is 0. The summed E-state index contributed by atoms with van der Waals surface area (Å²) >= 11 is 3.60. The van der Waals surface area contributed by atoms with E-state index in [1.165, 1.54) is 33.0 Å². The van der Waals surface area contributed by atoms with Crippen molar-refractivity contribution >= 4 is 26.7 Å². The van der Waals surface area contributed by atoms with Gasteiger partial charge in [-0.05, 0) is 56.6 Å². The van der Waals surface area contributed by atoms with E-state index in [0.29, 0.717) is 6.42 Å². The van der Waals surface area contributed by atoms with E-state index >= 15 is 0 Å². The van der Waals surface area contributed by atoms with Crippen LogP contribution in [-0.4, -0.2) is 0 Å². The van der Waals surface area contributed by atoms with Crippen molar-refractivity contribution in [2.24, 2.45) is 0 Å². The summed E-state index contributed by atoms with van der Waals surface area (Å²) in [6.45, 7) is 2.02. The molecule has 1 unspecified atom stereocenters. The molecule has 0 aliphatic heterocycles. The molecule has 29 heavy (non-hydrogen) atoms. The normalized spacial score (nSPS) is 12.2. The average Bonchev–Trinajstić information content (AvgIpc) is 2.78. The number of alkyl halides is 2. The van der Waals surface area contributed by atoms with Crippen LogP contribution in [0, 0.1) is 0 Å². The van der Waals surface area contributed by atoms with Crippen LogP contribution in [0.5, 0.6) is 0 Å². The van der Waals surface area contributed by atoms with Gasteiger partial charge in [-0.15, -0.1) is 0 Å². The Morgan fingerprint density at radius 1 is 0.793 bits per heavy atom. The number of fused-ring (bicyclic) bond motifs is 1. The molecular formula is C27H24BrF. The van der Waals surface area contributed by atoms with Gasteiger partial charge in [0, 0.05) is 5.33 Å². The molecule has 0 aliphatic carbocycles. The molecule has 0 heterocycles. The molecule has 0 nitrogen and oxygen atoms in total. The van der Waals surface area contributed by atoms with Gasteiger partial charge in [0.1, 0.15) is 6.17 Å². The highest BCUT2D eigenvalue weighted by atomic mass is 79.9. The van der Waals surface area contributed by atoms with Crippen LogP contribution in [0.1, 0.15) is 37.1 Å². The first-order valence-electron chi connectivity index (χ1n) is 10.1. The highest BCUT2D eigenvalue weighted by Gasteiger charge is 2.11. The molecule has 0 aliphatic rings. The molecule has 0 bridgehead atoms. The van der Waals surface area contributed by atoms with Crippen LogP contribution in [0.4, 0.5) is 4.39 Å². The lowest BCUT2D eigenvalue weighted by Crippen LogP contribution is -1.91. The summed E-state index contributed by atoms with van der Waals surface area (Å²) in [5.74, 6) is 0. The fourth-order valence-electron chi connectivity index (χ4n) is 3.91. The maximum absolute atomic E-state index is 14.2. The monoisotopic (exact) mass is 446 g/mol. The molecular weight excluding hydrogens is 423 g/mol. The van der Waals surface area contributed by atoms with Crippen LogP contribution in [0.3, 0.4) is 0 Å². The highest BCUT2D eigenvalue weighted by molar-refractivity contribution is 9.08. The van der Waals surface area contributed by atoms with Crippen molar-refractivity contribution in [3.63, 3.8) is 0 Å². The first kappa shape index (κ1) is 19.8. The van der Waals surface area contributed by atoms with E-state index in [0.717, 1.165) is 22.9 Å². The van der Waals surface area contributed by atoms with Gasteiger partial charge >= 0.3 is 0 Å². The Hall–Kier alpha value is -2.45. The smallest absolute Gasteiger partial charge is 0.125 e. The first-order chi connectivity index (χ1) is 14.2. The third-order valence-corrected chi connectivity index (χ3v) is 6.08. The Kier molecular flexibility index (Phi) is 6.10. The van der Waals surface area contributed by atoms with E-state index in [1.807, 2.05) is 31.2 Å². The second-order valence-corrected chi connectivity index (χ2v) is 7.97. The zero-order chi connectivity index (χ0) is 20.2. The third-order valence-electron chi connectivity index (χ3n) is 5.48. The van der Waals surface area contributed by atoms with E-state index in [-0.39, 0.29) is 0 Å². The number of halogens is 2. The molecule has 0 saturated heterocycles. The minimum Gasteiger partial charge on any atom is -0.242 e. The maximum atomic E-state index is 14.2. The zero-order valence-electron chi connectivity index (χ0n) is 16.5. The molecule has 0 amide bonds. The van der Waals surface area contributed by atoms with Crippen molar-refractivity contribution in [1.82, 2.24) is 0 Å². The summed E-state index contributed by atoms with van der Waals surface area (Å²) in [6, 6.07) is 29.5. The fraction of sp³-hybridized carbons (Fsp3) is 0.185. The molecule has 4 rings (SSSR count). The van der Waals surface area contributed by atoms with Crippen molar-refractivity contribution in [2.45, 2.75) is 31.3 Å². The largest absolute Gasteiger partial charge is 0.242 e. The van der Waals surface area contributed by atoms with Crippen LogP contribution >= 0.6 is 15.9 Å². The summed E-state index contributed by atoms with van der Waals surface area (Å²) in [5.41, 5.74) is 6.83. The van der Waals surface area contributed by atoms with Crippen molar-refractivity contribution in [3.8, 4) is 22.3 Å². The van der Waals surface area contributed by atoms with Gasteiger partial charge in [-0.2, -0.15) is 0 Å². The fourth-order valence-corrected chi connectivity index (χ4v) is 4.40. The molecule has 1 atom stereocenters. The Morgan fingerprint density at radius 2 is 1.52 bits per heavy atom. The lowest BCUT2D eigenvalue weighted by molar-refractivity contribution is 0.321. The lowest BCUT2D eigenvalue weighted by atomic mass is 9.93. The highest BCUT2D eigenvalue weighted by Crippen LogP contribution is 2.34. The van der Waals surface area contributed by atoms with Crippen molar-refractivity contribution in [1.29, 1.82) is 0 Å². The molecule has 0 N–H and O–H groups in total. The predicted octanol–water partition coefficient (Wildman–Crippen LogP) is 8.88. The van der Waals surface area contributed by atoms with E-state index < -0.39 is 6.17 Å². The van der Waals surface area contributed by atoms with E-state index in [2.05, 4.69) is 76.6 Å². The van der Waals surface area contributed by atoms with E-state index in [4.69, 9.17) is 0 Å². The van der Waals surface area contributed by atoms with Gasteiger partial charge < -0.3 is 0 Å². The van der Waals surface area contributed by atoms with E-state index in [9.17, 15) is 4.39 Å². The second-order valence-electron chi connectivity index (χ2n) is 7.41. The average molecular weight is 447 g/mol. The summed E-state index contributed by atoms with van der Waals surface area (Å²) in [6.07, 6.45) is 0.553. The van der Waals surface area contributed by atoms with Gasteiger partial charge in [0.05, 0.1) is 0 Å². The lowest BCUT2D eigenvalue weighted by Gasteiger charge is -2.12. The number of rotatable bonds is 6. The van der Waals surface area contributed by atoms with Gasteiger partial charge in [0.2, 0.25) is 0 Å². The van der Waals surface area contributed by atoms with Crippen molar-refractivity contribution < 1.29 is 4.39 Å². The Bertz CT molecular complexity index is 1110. The standard InChI is InChI=1S/C27H24BrF/c1-2-6-27(29)20-13-11-19(12-14-20)25-10-5-8-21-17-22(15-16-26(21)25)24-9-4-3-7-23(24)18-28/h3-5,7-17,27H,2,6,18H2,1H3. The predicted molar refractivity (Wildman–Crippen MR) is 126 cm³/mol. The Morgan fingerprint density at radius 3 is 2.28 bits per heavy atom. The van der Waals surface area contributed by atoms with Crippen molar-refractivity contribution in [3.05, 3.63) is 96.1 Å².